The molecule has 0 aromatic heterocycles. The van der Waals surface area contributed by atoms with Crippen molar-refractivity contribution >= 4 is 53.2 Å². The molecule has 0 saturated heterocycles. The minimum Gasteiger partial charge on any atom is -0.480 e. The summed E-state index contributed by atoms with van der Waals surface area (Å²) in [5.74, 6) is -10.1. The Bertz CT molecular complexity index is 1330. The van der Waals surface area contributed by atoms with Crippen molar-refractivity contribution in [2.75, 3.05) is 19.8 Å². The summed E-state index contributed by atoms with van der Waals surface area (Å²) < 4.78 is 0. The number of carboxylic acid groups (broad SMARTS) is 1. The van der Waals surface area contributed by atoms with Gasteiger partial charge >= 0.3 is 5.97 Å². The lowest BCUT2D eigenvalue weighted by atomic mass is 10.0. The second-order valence-electron chi connectivity index (χ2n) is 12.4. The number of aliphatic carboxylic acids is 1. The first-order chi connectivity index (χ1) is 24.5. The van der Waals surface area contributed by atoms with E-state index in [1.165, 1.54) is 13.8 Å². The number of aliphatic hydroxyl groups excluding tert-OH is 5. The summed E-state index contributed by atoms with van der Waals surface area (Å²) in [6, 6.07) is -12.6. The predicted molar refractivity (Wildman–Crippen MR) is 180 cm³/mol. The molecule has 0 aromatic rings. The van der Waals surface area contributed by atoms with Gasteiger partial charge in [0.25, 0.3) is 0 Å². The topological polar surface area (TPSA) is 371 Å². The van der Waals surface area contributed by atoms with Gasteiger partial charge in [0.1, 0.15) is 48.3 Å². The molecule has 14 N–H and O–H groups in total. The second kappa shape index (κ2) is 22.9. The molecule has 0 fully saturated rings. The summed E-state index contributed by atoms with van der Waals surface area (Å²) in [6.07, 6.45) is -2.89. The first-order valence-corrected chi connectivity index (χ1v) is 16.3. The largest absolute Gasteiger partial charge is 0.480 e. The molecule has 53 heavy (non-hydrogen) atoms. The maximum Gasteiger partial charge on any atom is 0.325 e. The molecule has 302 valence electrons. The number of carbonyl (C=O) groups is 9. The van der Waals surface area contributed by atoms with E-state index >= 15 is 0 Å². The number of rotatable bonds is 22. The van der Waals surface area contributed by atoms with Crippen LogP contribution in [0.25, 0.3) is 0 Å². The van der Waals surface area contributed by atoms with E-state index in [1.54, 1.807) is 13.8 Å². The molecule has 10 atom stereocenters. The van der Waals surface area contributed by atoms with Gasteiger partial charge in [-0.05, 0) is 33.6 Å². The Morgan fingerprint density at radius 3 is 1.11 bits per heavy atom. The van der Waals surface area contributed by atoms with Gasteiger partial charge in [0.15, 0.2) is 0 Å². The van der Waals surface area contributed by atoms with Crippen LogP contribution < -0.4 is 42.5 Å². The Labute approximate surface area is 304 Å². The van der Waals surface area contributed by atoms with Gasteiger partial charge in [0.2, 0.25) is 47.3 Å². The summed E-state index contributed by atoms with van der Waals surface area (Å²) >= 11 is 0. The number of carbonyl (C=O) groups excluding carboxylic acids is 8. The minimum absolute atomic E-state index is 0.554. The van der Waals surface area contributed by atoms with E-state index in [0.29, 0.717) is 0 Å². The van der Waals surface area contributed by atoms with Gasteiger partial charge in [-0.25, -0.2) is 0 Å². The Kier molecular flexibility index (Phi) is 20.7. The van der Waals surface area contributed by atoms with Crippen molar-refractivity contribution in [2.24, 2.45) is 5.92 Å². The third-order valence-electron chi connectivity index (χ3n) is 7.36. The molecule has 0 heterocycles. The molecule has 0 aliphatic rings. The molecule has 10 unspecified atom stereocenters. The highest BCUT2D eigenvalue weighted by molar-refractivity contribution is 5.98. The lowest BCUT2D eigenvalue weighted by molar-refractivity contribution is -0.142. The zero-order chi connectivity index (χ0) is 41.3. The highest BCUT2D eigenvalue weighted by Crippen LogP contribution is 2.05. The molecule has 23 heteroatoms. The van der Waals surface area contributed by atoms with Gasteiger partial charge in [0, 0.05) is 6.92 Å². The smallest absolute Gasteiger partial charge is 0.325 e. The minimum atomic E-state index is -1.84. The molecule has 8 amide bonds. The summed E-state index contributed by atoms with van der Waals surface area (Å²) in [7, 11) is 0. The van der Waals surface area contributed by atoms with E-state index in [0.717, 1.165) is 20.8 Å². The molecule has 0 aliphatic carbocycles. The molecule has 0 spiro atoms. The van der Waals surface area contributed by atoms with Crippen LogP contribution in [-0.4, -0.2) is 164 Å². The van der Waals surface area contributed by atoms with Crippen molar-refractivity contribution in [2.45, 2.75) is 109 Å². The monoisotopic (exact) mass is 764 g/mol. The van der Waals surface area contributed by atoms with Crippen LogP contribution in [0, 0.1) is 5.92 Å². The molecular formula is C30H52N8O15. The van der Waals surface area contributed by atoms with Crippen LogP contribution in [0.5, 0.6) is 0 Å². The zero-order valence-electron chi connectivity index (χ0n) is 30.3. The van der Waals surface area contributed by atoms with Gasteiger partial charge in [-0.1, -0.05) is 13.8 Å². The van der Waals surface area contributed by atoms with Gasteiger partial charge in [-0.15, -0.1) is 0 Å². The molecular weight excluding hydrogens is 712 g/mol. The first-order valence-electron chi connectivity index (χ1n) is 16.3. The van der Waals surface area contributed by atoms with Crippen LogP contribution in [0.15, 0.2) is 0 Å². The van der Waals surface area contributed by atoms with Crippen molar-refractivity contribution in [3.8, 4) is 0 Å². The van der Waals surface area contributed by atoms with Crippen LogP contribution >= 0.6 is 0 Å². The summed E-state index contributed by atoms with van der Waals surface area (Å²) in [5, 5.41) is 75.3. The highest BCUT2D eigenvalue weighted by atomic mass is 16.4. The number of amides is 8. The second-order valence-corrected chi connectivity index (χ2v) is 12.4. The fourth-order valence-electron chi connectivity index (χ4n) is 4.22. The standard InChI is InChI=1S/C30H52N8O15/c1-11(2)20(37-29(51)21(14(5)42)33-16(7)44)27(49)31-12(3)23(45)34-17(8-39)24(46)35-18(9-40)25(47)36-19(10-41)26(48)38-22(15(6)43)28(50)32-13(4)30(52)53/h11-15,17-22,39-43H,8-10H2,1-7H3,(H,31,49)(H,32,50)(H,33,44)(H,34,45)(H,35,46)(H,36,47)(H,37,51)(H,38,48)(H,52,53). The number of hydrogen-bond donors (Lipinski definition) is 14. The van der Waals surface area contributed by atoms with E-state index in [4.69, 9.17) is 5.11 Å². The molecule has 0 aromatic carbocycles. The van der Waals surface area contributed by atoms with E-state index in [2.05, 4.69) is 26.6 Å². The molecule has 0 saturated carbocycles. The average Bonchev–Trinajstić information content (AvgIpc) is 3.06. The van der Waals surface area contributed by atoms with Gasteiger partial charge in [-0.3, -0.25) is 43.2 Å². The van der Waals surface area contributed by atoms with Crippen LogP contribution in [0.2, 0.25) is 0 Å². The quantitative estimate of drug-likeness (QED) is 0.0487. The molecule has 0 bridgehead atoms. The normalized spacial score (nSPS) is 16.7. The van der Waals surface area contributed by atoms with Crippen LogP contribution in [0.1, 0.15) is 48.5 Å². The van der Waals surface area contributed by atoms with Crippen LogP contribution in [-0.2, 0) is 43.2 Å². The zero-order valence-corrected chi connectivity index (χ0v) is 30.3. The Morgan fingerprint density at radius 1 is 0.434 bits per heavy atom. The summed E-state index contributed by atoms with van der Waals surface area (Å²) in [6.45, 7) is 5.70. The summed E-state index contributed by atoms with van der Waals surface area (Å²) in [4.78, 5) is 112. The third-order valence-corrected chi connectivity index (χ3v) is 7.36. The van der Waals surface area contributed by atoms with E-state index < -0.39 is 140 Å². The first kappa shape index (κ1) is 48.0. The molecule has 0 rings (SSSR count). The maximum atomic E-state index is 13.0. The molecule has 23 nitrogen and oxygen atoms in total. The third kappa shape index (κ3) is 16.1. The van der Waals surface area contributed by atoms with Crippen molar-refractivity contribution in [3.05, 3.63) is 0 Å². The molecule has 0 aliphatic heterocycles. The Balaban J connectivity index is 5.55. The molecule has 0 radical (unpaired) electrons. The predicted octanol–water partition coefficient (Wildman–Crippen LogP) is -7.60. The highest BCUT2D eigenvalue weighted by Gasteiger charge is 2.35. The number of hydrogen-bond acceptors (Lipinski definition) is 14. The van der Waals surface area contributed by atoms with Gasteiger partial charge < -0.3 is 73.2 Å². The van der Waals surface area contributed by atoms with Crippen molar-refractivity contribution in [3.63, 3.8) is 0 Å². The Morgan fingerprint density at radius 2 is 0.755 bits per heavy atom. The fraction of sp³-hybridized carbons (Fsp3) is 0.700. The number of aliphatic hydroxyl groups is 5. The van der Waals surface area contributed by atoms with E-state index in [1.807, 2.05) is 16.0 Å². The Hall–Kier alpha value is -4.97. The average molecular weight is 765 g/mol. The number of carboxylic acids is 1. The lowest BCUT2D eigenvalue weighted by Crippen LogP contribution is -2.62. The number of nitrogens with one attached hydrogen (secondary N) is 8. The van der Waals surface area contributed by atoms with Crippen molar-refractivity contribution in [1.82, 2.24) is 42.5 Å². The van der Waals surface area contributed by atoms with Crippen molar-refractivity contribution < 1.29 is 73.8 Å². The van der Waals surface area contributed by atoms with Gasteiger partial charge in [0.05, 0.1) is 32.0 Å². The fourth-order valence-corrected chi connectivity index (χ4v) is 4.22. The van der Waals surface area contributed by atoms with Crippen LogP contribution in [0.4, 0.5) is 0 Å². The van der Waals surface area contributed by atoms with E-state index in [9.17, 15) is 68.7 Å². The lowest BCUT2D eigenvalue weighted by Gasteiger charge is -2.27. The SMILES string of the molecule is CC(=O)NC(C(=O)NC(C(=O)NC(C)C(=O)NC(CO)C(=O)NC(CO)C(=O)NC(CO)C(=O)NC(C(=O)NC(C)C(=O)O)C(C)O)C(C)C)C(C)O. The van der Waals surface area contributed by atoms with E-state index in [-0.39, 0.29) is 0 Å². The van der Waals surface area contributed by atoms with Gasteiger partial charge in [-0.2, -0.15) is 0 Å². The maximum absolute atomic E-state index is 13.0. The summed E-state index contributed by atoms with van der Waals surface area (Å²) in [5.41, 5.74) is 0. The van der Waals surface area contributed by atoms with Crippen LogP contribution in [0.3, 0.4) is 0 Å². The van der Waals surface area contributed by atoms with Crippen molar-refractivity contribution in [1.29, 1.82) is 0 Å².